The highest BCUT2D eigenvalue weighted by molar-refractivity contribution is 6.02. The number of ether oxygens (including phenoxy) is 1. The summed E-state index contributed by atoms with van der Waals surface area (Å²) in [5, 5.41) is 2.88. The number of carbonyl (C=O) groups excluding carboxylic acids is 1. The molecule has 7 nitrogen and oxygen atoms in total. The van der Waals surface area contributed by atoms with Crippen molar-refractivity contribution in [3.8, 4) is 5.75 Å². The second-order valence-corrected chi connectivity index (χ2v) is 7.63. The molecule has 1 N–H and O–H groups in total. The van der Waals surface area contributed by atoms with E-state index >= 15 is 0 Å². The predicted octanol–water partition coefficient (Wildman–Crippen LogP) is 3.63. The molecule has 1 atom stereocenters. The molecule has 0 bridgehead atoms. The number of hydrogen-bond acceptors (Lipinski definition) is 6. The number of aromatic nitrogens is 1. The second-order valence-electron chi connectivity index (χ2n) is 7.63. The van der Waals surface area contributed by atoms with Crippen LogP contribution >= 0.6 is 0 Å². The van der Waals surface area contributed by atoms with Crippen molar-refractivity contribution in [3.05, 3.63) is 54.1 Å². The molecule has 1 aliphatic rings. The molecule has 156 valence electrons. The molecule has 2 aromatic carbocycles. The van der Waals surface area contributed by atoms with E-state index in [1.807, 2.05) is 42.5 Å². The highest BCUT2D eigenvalue weighted by Gasteiger charge is 2.27. The fraction of sp³-hybridized carbons (Fsp3) is 0.304. The van der Waals surface area contributed by atoms with Crippen molar-refractivity contribution >= 4 is 34.8 Å². The Bertz CT molecular complexity index is 1060. The fourth-order valence-corrected chi connectivity index (χ4v) is 3.54. The molecule has 0 aliphatic carbocycles. The van der Waals surface area contributed by atoms with Crippen LogP contribution in [-0.2, 0) is 4.79 Å². The molecule has 1 fully saturated rings. The van der Waals surface area contributed by atoms with E-state index in [1.165, 1.54) is 6.08 Å². The predicted molar refractivity (Wildman–Crippen MR) is 119 cm³/mol. The van der Waals surface area contributed by atoms with Gasteiger partial charge in [0.2, 0.25) is 5.91 Å². The van der Waals surface area contributed by atoms with E-state index in [1.54, 1.807) is 13.2 Å². The normalized spacial score (nSPS) is 16.7. The van der Waals surface area contributed by atoms with Gasteiger partial charge in [-0.1, -0.05) is 12.1 Å². The third-order valence-corrected chi connectivity index (χ3v) is 5.35. The molecule has 0 saturated carbocycles. The molecule has 2 heterocycles. The van der Waals surface area contributed by atoms with Gasteiger partial charge < -0.3 is 24.3 Å². The Morgan fingerprint density at radius 3 is 2.77 bits per heavy atom. The lowest BCUT2D eigenvalue weighted by atomic mass is 10.2. The standard InChI is InChI=1S/C23H26N4O3/c1-26(2)18-12-13-27(15-18)23-25-20-14-17(7-10-21(20)30-23)24-22(28)11-6-16-4-8-19(29-3)9-5-16/h4-11,14,18H,12-13,15H2,1-3H3,(H,24,28). The summed E-state index contributed by atoms with van der Waals surface area (Å²) in [6.45, 7) is 1.83. The largest absolute Gasteiger partial charge is 0.497 e. The van der Waals surface area contributed by atoms with Crippen LogP contribution in [0.25, 0.3) is 17.2 Å². The minimum Gasteiger partial charge on any atom is -0.497 e. The van der Waals surface area contributed by atoms with Crippen LogP contribution in [-0.4, -0.2) is 56.1 Å². The highest BCUT2D eigenvalue weighted by Crippen LogP contribution is 2.27. The van der Waals surface area contributed by atoms with E-state index in [-0.39, 0.29) is 5.91 Å². The number of carbonyl (C=O) groups is 1. The van der Waals surface area contributed by atoms with Crippen LogP contribution < -0.4 is 15.0 Å². The maximum Gasteiger partial charge on any atom is 0.298 e. The van der Waals surface area contributed by atoms with Crippen LogP contribution in [0.5, 0.6) is 5.75 Å². The Hall–Kier alpha value is -3.32. The highest BCUT2D eigenvalue weighted by atomic mass is 16.5. The fourth-order valence-electron chi connectivity index (χ4n) is 3.54. The molecule has 1 aliphatic heterocycles. The zero-order valence-electron chi connectivity index (χ0n) is 17.5. The second kappa shape index (κ2) is 8.59. The number of rotatable bonds is 6. The third-order valence-electron chi connectivity index (χ3n) is 5.35. The molecule has 7 heteroatoms. The minimum atomic E-state index is -0.206. The third kappa shape index (κ3) is 4.46. The van der Waals surface area contributed by atoms with Crippen molar-refractivity contribution in [2.75, 3.05) is 44.5 Å². The van der Waals surface area contributed by atoms with Crippen molar-refractivity contribution in [2.24, 2.45) is 0 Å². The van der Waals surface area contributed by atoms with Gasteiger partial charge in [-0.05, 0) is 62.5 Å². The van der Waals surface area contributed by atoms with Crippen molar-refractivity contribution in [1.82, 2.24) is 9.88 Å². The number of fused-ring (bicyclic) bond motifs is 1. The van der Waals surface area contributed by atoms with Crippen LogP contribution in [0.4, 0.5) is 11.7 Å². The van der Waals surface area contributed by atoms with E-state index in [4.69, 9.17) is 9.15 Å². The summed E-state index contributed by atoms with van der Waals surface area (Å²) in [4.78, 5) is 21.3. The molecule has 0 radical (unpaired) electrons. The van der Waals surface area contributed by atoms with Crippen molar-refractivity contribution in [3.63, 3.8) is 0 Å². The number of likely N-dealkylation sites (N-methyl/N-ethyl adjacent to an activating group) is 1. The van der Waals surface area contributed by atoms with Gasteiger partial charge in [-0.2, -0.15) is 4.98 Å². The lowest BCUT2D eigenvalue weighted by Gasteiger charge is -2.19. The number of methoxy groups -OCH3 is 1. The first-order chi connectivity index (χ1) is 14.5. The van der Waals surface area contributed by atoms with Crippen LogP contribution in [0.15, 0.2) is 53.0 Å². The van der Waals surface area contributed by atoms with Gasteiger partial charge in [-0.3, -0.25) is 4.79 Å². The first kappa shape index (κ1) is 20.0. The first-order valence-corrected chi connectivity index (χ1v) is 9.97. The SMILES string of the molecule is COc1ccc(C=CC(=O)Nc2ccc3oc(N4CCC(N(C)C)C4)nc3c2)cc1. The van der Waals surface area contributed by atoms with Gasteiger partial charge in [0, 0.05) is 30.9 Å². The monoisotopic (exact) mass is 406 g/mol. The lowest BCUT2D eigenvalue weighted by Crippen LogP contribution is -2.31. The van der Waals surface area contributed by atoms with E-state index in [2.05, 4.69) is 34.2 Å². The topological polar surface area (TPSA) is 70.8 Å². The Labute approximate surface area is 175 Å². The summed E-state index contributed by atoms with van der Waals surface area (Å²) in [6, 6.07) is 14.1. The Morgan fingerprint density at radius 1 is 1.27 bits per heavy atom. The molecular formula is C23H26N4O3. The first-order valence-electron chi connectivity index (χ1n) is 9.97. The van der Waals surface area contributed by atoms with Crippen molar-refractivity contribution in [2.45, 2.75) is 12.5 Å². The number of nitrogens with one attached hydrogen (secondary N) is 1. The number of oxazole rings is 1. The molecule has 3 aromatic rings. The smallest absolute Gasteiger partial charge is 0.298 e. The zero-order valence-corrected chi connectivity index (χ0v) is 17.5. The molecule has 0 spiro atoms. The minimum absolute atomic E-state index is 0.206. The number of anilines is 2. The molecule has 1 amide bonds. The van der Waals surface area contributed by atoms with Gasteiger partial charge in [0.1, 0.15) is 11.3 Å². The quantitative estimate of drug-likeness (QED) is 0.631. The van der Waals surface area contributed by atoms with Gasteiger partial charge in [0.05, 0.1) is 7.11 Å². The summed E-state index contributed by atoms with van der Waals surface area (Å²) in [5.41, 5.74) is 3.05. The molecule has 4 rings (SSSR count). The maximum absolute atomic E-state index is 12.3. The molecule has 30 heavy (non-hydrogen) atoms. The molecule has 1 aromatic heterocycles. The Balaban J connectivity index is 1.42. The van der Waals surface area contributed by atoms with E-state index in [0.717, 1.165) is 36.3 Å². The van der Waals surface area contributed by atoms with E-state index < -0.39 is 0 Å². The van der Waals surface area contributed by atoms with E-state index in [9.17, 15) is 4.79 Å². The maximum atomic E-state index is 12.3. The summed E-state index contributed by atoms with van der Waals surface area (Å²) in [5.74, 6) is 0.574. The van der Waals surface area contributed by atoms with Gasteiger partial charge in [-0.15, -0.1) is 0 Å². The van der Waals surface area contributed by atoms with Gasteiger partial charge in [0.25, 0.3) is 6.01 Å². The Morgan fingerprint density at radius 2 is 2.07 bits per heavy atom. The van der Waals surface area contributed by atoms with Crippen LogP contribution in [0.2, 0.25) is 0 Å². The summed E-state index contributed by atoms with van der Waals surface area (Å²) in [7, 11) is 5.81. The number of benzene rings is 2. The lowest BCUT2D eigenvalue weighted by molar-refractivity contribution is -0.111. The summed E-state index contributed by atoms with van der Waals surface area (Å²) >= 11 is 0. The van der Waals surface area contributed by atoms with Gasteiger partial charge in [-0.25, -0.2) is 0 Å². The van der Waals surface area contributed by atoms with E-state index in [0.29, 0.717) is 23.3 Å². The average Bonchev–Trinajstić information content (AvgIpc) is 3.39. The number of hydrogen-bond donors (Lipinski definition) is 1. The zero-order chi connectivity index (χ0) is 21.1. The number of nitrogens with zero attached hydrogens (tertiary/aromatic N) is 3. The number of amides is 1. The molecule has 1 saturated heterocycles. The van der Waals surface area contributed by atoms with Crippen molar-refractivity contribution in [1.29, 1.82) is 0 Å². The van der Waals surface area contributed by atoms with Gasteiger partial charge in [0.15, 0.2) is 5.58 Å². The average molecular weight is 406 g/mol. The van der Waals surface area contributed by atoms with Crippen molar-refractivity contribution < 1.29 is 13.9 Å². The summed E-state index contributed by atoms with van der Waals surface area (Å²) in [6.07, 6.45) is 4.36. The van der Waals surface area contributed by atoms with Gasteiger partial charge >= 0.3 is 0 Å². The summed E-state index contributed by atoms with van der Waals surface area (Å²) < 4.78 is 11.1. The van der Waals surface area contributed by atoms with Crippen LogP contribution in [0.1, 0.15) is 12.0 Å². The van der Waals surface area contributed by atoms with Crippen LogP contribution in [0.3, 0.4) is 0 Å². The Kier molecular flexibility index (Phi) is 5.72. The molecule has 1 unspecified atom stereocenters. The molecular weight excluding hydrogens is 380 g/mol. The van der Waals surface area contributed by atoms with Crippen LogP contribution in [0, 0.1) is 0 Å².